The summed E-state index contributed by atoms with van der Waals surface area (Å²) in [5.74, 6) is 0. The van der Waals surface area contributed by atoms with Crippen LogP contribution >= 0.6 is 0 Å². The third-order valence-corrected chi connectivity index (χ3v) is 3.14. The van der Waals surface area contributed by atoms with Crippen LogP contribution in [-0.4, -0.2) is 6.54 Å². The van der Waals surface area contributed by atoms with Gasteiger partial charge in [0.05, 0.1) is 16.9 Å². The van der Waals surface area contributed by atoms with Crippen molar-refractivity contribution in [3.05, 3.63) is 59.7 Å². The fourth-order valence-corrected chi connectivity index (χ4v) is 2.10. The van der Waals surface area contributed by atoms with Crippen molar-refractivity contribution >= 4 is 11.4 Å². The molecule has 0 fully saturated rings. The quantitative estimate of drug-likeness (QED) is 0.849. The van der Waals surface area contributed by atoms with E-state index in [0.29, 0.717) is 11.3 Å². The van der Waals surface area contributed by atoms with Gasteiger partial charge in [0, 0.05) is 13.1 Å². The molecule has 3 heteroatoms. The molecule has 96 valence electrons. The van der Waals surface area contributed by atoms with Gasteiger partial charge in [-0.2, -0.15) is 5.26 Å². The highest BCUT2D eigenvalue weighted by Crippen LogP contribution is 2.27. The minimum atomic E-state index is 0.531. The molecule has 0 amide bonds. The first-order chi connectivity index (χ1) is 9.26. The molecule has 0 aliphatic heterocycles. The van der Waals surface area contributed by atoms with Gasteiger partial charge in [0.25, 0.3) is 0 Å². The third-order valence-electron chi connectivity index (χ3n) is 3.14. The standard InChI is InChI=1S/C16H17N3/c1-2-19(12-13-7-4-3-5-8-13)15-10-6-9-14(11-17)16(15)18/h3-10H,2,12,18H2,1H3. The summed E-state index contributed by atoms with van der Waals surface area (Å²) in [6, 6.07) is 17.9. The molecule has 3 nitrogen and oxygen atoms in total. The van der Waals surface area contributed by atoms with Crippen molar-refractivity contribution in [2.45, 2.75) is 13.5 Å². The summed E-state index contributed by atoms with van der Waals surface area (Å²) in [7, 11) is 0. The number of rotatable bonds is 4. The molecule has 0 aliphatic rings. The van der Waals surface area contributed by atoms with Gasteiger partial charge in [-0.3, -0.25) is 0 Å². The van der Waals surface area contributed by atoms with Gasteiger partial charge in [0.2, 0.25) is 0 Å². The highest BCUT2D eigenvalue weighted by Gasteiger charge is 2.11. The van der Waals surface area contributed by atoms with Crippen molar-refractivity contribution in [1.29, 1.82) is 5.26 Å². The molecule has 19 heavy (non-hydrogen) atoms. The Kier molecular flexibility index (Phi) is 4.04. The molecule has 0 bridgehead atoms. The van der Waals surface area contributed by atoms with Gasteiger partial charge in [-0.25, -0.2) is 0 Å². The number of nitrogen functional groups attached to an aromatic ring is 1. The van der Waals surface area contributed by atoms with E-state index in [0.717, 1.165) is 18.8 Å². The van der Waals surface area contributed by atoms with Gasteiger partial charge in [0.1, 0.15) is 6.07 Å². The zero-order valence-corrected chi connectivity index (χ0v) is 11.0. The van der Waals surface area contributed by atoms with Crippen molar-refractivity contribution in [2.24, 2.45) is 0 Å². The third kappa shape index (κ3) is 2.86. The molecule has 0 radical (unpaired) electrons. The Balaban J connectivity index is 2.31. The average molecular weight is 251 g/mol. The van der Waals surface area contributed by atoms with Crippen molar-refractivity contribution in [1.82, 2.24) is 0 Å². The fraction of sp³-hybridized carbons (Fsp3) is 0.188. The fourth-order valence-electron chi connectivity index (χ4n) is 2.10. The molecule has 0 saturated carbocycles. The van der Waals surface area contributed by atoms with E-state index >= 15 is 0 Å². The maximum absolute atomic E-state index is 9.04. The van der Waals surface area contributed by atoms with Gasteiger partial charge in [-0.1, -0.05) is 36.4 Å². The van der Waals surface area contributed by atoms with Crippen LogP contribution in [0.25, 0.3) is 0 Å². The van der Waals surface area contributed by atoms with Gasteiger partial charge in [-0.15, -0.1) is 0 Å². The number of nitrogens with zero attached hydrogens (tertiary/aromatic N) is 2. The molecule has 0 saturated heterocycles. The molecule has 0 atom stereocenters. The molecule has 0 spiro atoms. The van der Waals surface area contributed by atoms with E-state index < -0.39 is 0 Å². The summed E-state index contributed by atoms with van der Waals surface area (Å²) in [6.07, 6.45) is 0. The number of para-hydroxylation sites is 1. The second-order valence-corrected chi connectivity index (χ2v) is 4.35. The number of hydrogen-bond donors (Lipinski definition) is 1. The molecule has 0 unspecified atom stereocenters. The normalized spacial score (nSPS) is 9.89. The van der Waals surface area contributed by atoms with Crippen molar-refractivity contribution < 1.29 is 0 Å². The number of benzene rings is 2. The van der Waals surface area contributed by atoms with Gasteiger partial charge in [0.15, 0.2) is 0 Å². The van der Waals surface area contributed by atoms with Crippen LogP contribution in [0.1, 0.15) is 18.1 Å². The highest BCUT2D eigenvalue weighted by molar-refractivity contribution is 5.73. The molecule has 0 aliphatic carbocycles. The van der Waals surface area contributed by atoms with Gasteiger partial charge in [-0.05, 0) is 24.6 Å². The van der Waals surface area contributed by atoms with Crippen LogP contribution in [0.15, 0.2) is 48.5 Å². The number of nitriles is 1. The van der Waals surface area contributed by atoms with E-state index in [9.17, 15) is 0 Å². The van der Waals surface area contributed by atoms with E-state index in [4.69, 9.17) is 11.0 Å². The van der Waals surface area contributed by atoms with Crippen LogP contribution < -0.4 is 10.6 Å². The Morgan fingerprint density at radius 3 is 2.47 bits per heavy atom. The molecular weight excluding hydrogens is 234 g/mol. The minimum absolute atomic E-state index is 0.531. The monoisotopic (exact) mass is 251 g/mol. The van der Waals surface area contributed by atoms with Crippen LogP contribution in [0, 0.1) is 11.3 Å². The lowest BCUT2D eigenvalue weighted by Gasteiger charge is -2.25. The average Bonchev–Trinajstić information content (AvgIpc) is 2.46. The van der Waals surface area contributed by atoms with Crippen LogP contribution in [0.4, 0.5) is 11.4 Å². The molecule has 2 aromatic carbocycles. The number of hydrogen-bond acceptors (Lipinski definition) is 3. The second-order valence-electron chi connectivity index (χ2n) is 4.35. The van der Waals surface area contributed by atoms with E-state index in [1.807, 2.05) is 30.3 Å². The maximum Gasteiger partial charge on any atom is 0.101 e. The molecule has 2 N–H and O–H groups in total. The smallest absolute Gasteiger partial charge is 0.101 e. The SMILES string of the molecule is CCN(Cc1ccccc1)c1cccc(C#N)c1N. The van der Waals surface area contributed by atoms with Crippen LogP contribution in [0.5, 0.6) is 0 Å². The first-order valence-electron chi connectivity index (χ1n) is 6.33. The van der Waals surface area contributed by atoms with E-state index in [1.54, 1.807) is 6.07 Å². The van der Waals surface area contributed by atoms with Crippen LogP contribution in [0.3, 0.4) is 0 Å². The number of nitrogens with two attached hydrogens (primary N) is 1. The Morgan fingerprint density at radius 1 is 1.11 bits per heavy atom. The number of anilines is 2. The van der Waals surface area contributed by atoms with Crippen molar-refractivity contribution in [2.75, 3.05) is 17.2 Å². The lowest BCUT2D eigenvalue weighted by molar-refractivity contribution is 0.833. The summed E-state index contributed by atoms with van der Waals surface area (Å²) in [5, 5.41) is 9.04. The van der Waals surface area contributed by atoms with Crippen LogP contribution in [0.2, 0.25) is 0 Å². The molecule has 2 aromatic rings. The van der Waals surface area contributed by atoms with Crippen molar-refractivity contribution in [3.8, 4) is 6.07 Å². The Labute approximate surface area is 113 Å². The molecule has 2 rings (SSSR count). The molecule has 0 heterocycles. The largest absolute Gasteiger partial charge is 0.396 e. The highest BCUT2D eigenvalue weighted by atomic mass is 15.1. The maximum atomic E-state index is 9.04. The van der Waals surface area contributed by atoms with E-state index in [-0.39, 0.29) is 0 Å². The Morgan fingerprint density at radius 2 is 1.84 bits per heavy atom. The Bertz CT molecular complexity index is 585. The lowest BCUT2D eigenvalue weighted by atomic mass is 10.1. The van der Waals surface area contributed by atoms with Gasteiger partial charge < -0.3 is 10.6 Å². The summed E-state index contributed by atoms with van der Waals surface area (Å²) in [4.78, 5) is 2.17. The van der Waals surface area contributed by atoms with E-state index in [2.05, 4.69) is 30.0 Å². The van der Waals surface area contributed by atoms with E-state index in [1.165, 1.54) is 5.56 Å². The topological polar surface area (TPSA) is 53.0 Å². The first kappa shape index (κ1) is 13.0. The zero-order chi connectivity index (χ0) is 13.7. The molecular formula is C16H17N3. The summed E-state index contributed by atoms with van der Waals surface area (Å²) >= 11 is 0. The lowest BCUT2D eigenvalue weighted by Crippen LogP contribution is -2.23. The van der Waals surface area contributed by atoms with Crippen LogP contribution in [-0.2, 0) is 6.54 Å². The zero-order valence-electron chi connectivity index (χ0n) is 11.0. The summed E-state index contributed by atoms with van der Waals surface area (Å²) in [6.45, 7) is 3.71. The predicted octanol–water partition coefficient (Wildman–Crippen LogP) is 3.17. The molecule has 0 aromatic heterocycles. The predicted molar refractivity (Wildman–Crippen MR) is 78.7 cm³/mol. The van der Waals surface area contributed by atoms with Crippen molar-refractivity contribution in [3.63, 3.8) is 0 Å². The minimum Gasteiger partial charge on any atom is -0.396 e. The van der Waals surface area contributed by atoms with Gasteiger partial charge >= 0.3 is 0 Å². The summed E-state index contributed by atoms with van der Waals surface area (Å²) < 4.78 is 0. The first-order valence-corrected chi connectivity index (χ1v) is 6.33. The summed E-state index contributed by atoms with van der Waals surface area (Å²) in [5.41, 5.74) is 9.30. The Hall–Kier alpha value is -2.47. The second kappa shape index (κ2) is 5.92.